The molecule has 3 heteroatoms. The molecule has 1 aromatic carbocycles. The number of thiophene rings is 1. The van der Waals surface area contributed by atoms with E-state index in [2.05, 4.69) is 29.6 Å². The quantitative estimate of drug-likeness (QED) is 0.869. The molecule has 0 saturated carbocycles. The molecule has 0 bridgehead atoms. The van der Waals surface area contributed by atoms with Crippen molar-refractivity contribution in [3.8, 4) is 5.75 Å². The Morgan fingerprint density at radius 2 is 2.15 bits per heavy atom. The highest BCUT2D eigenvalue weighted by atomic mass is 32.1. The van der Waals surface area contributed by atoms with Crippen LogP contribution in [0.25, 0.3) is 0 Å². The normalized spacial score (nSPS) is 13.4. The van der Waals surface area contributed by atoms with Gasteiger partial charge in [-0.3, -0.25) is 0 Å². The maximum absolute atomic E-state index is 5.53. The van der Waals surface area contributed by atoms with Crippen LogP contribution in [0.3, 0.4) is 0 Å². The van der Waals surface area contributed by atoms with E-state index in [1.807, 2.05) is 24.3 Å². The van der Waals surface area contributed by atoms with E-state index in [0.29, 0.717) is 0 Å². The lowest BCUT2D eigenvalue weighted by atomic mass is 10.2. The summed E-state index contributed by atoms with van der Waals surface area (Å²) >= 11 is 1.98. The standard InChI is InChI=1S/C17H21NOS/c1-2-19-15-7-3-5-13(9-15)11-18-12-16-10-14-6-4-8-17(14)20-16/h3,5,7,9-10,18H,2,4,6,8,11-12H2,1H3. The fourth-order valence-corrected chi connectivity index (χ4v) is 3.95. The van der Waals surface area contributed by atoms with Gasteiger partial charge >= 0.3 is 0 Å². The highest BCUT2D eigenvalue weighted by molar-refractivity contribution is 7.12. The lowest BCUT2D eigenvalue weighted by Crippen LogP contribution is -2.11. The molecule has 1 aliphatic rings. The second-order valence-corrected chi connectivity index (χ2v) is 6.42. The smallest absolute Gasteiger partial charge is 0.119 e. The molecule has 3 rings (SSSR count). The molecule has 1 aromatic heterocycles. The van der Waals surface area contributed by atoms with Crippen LogP contribution in [0, 0.1) is 0 Å². The van der Waals surface area contributed by atoms with Gasteiger partial charge in [-0.2, -0.15) is 0 Å². The molecule has 0 saturated heterocycles. The van der Waals surface area contributed by atoms with E-state index in [1.165, 1.54) is 29.7 Å². The highest BCUT2D eigenvalue weighted by Crippen LogP contribution is 2.30. The van der Waals surface area contributed by atoms with E-state index in [-0.39, 0.29) is 0 Å². The van der Waals surface area contributed by atoms with Crippen LogP contribution < -0.4 is 10.1 Å². The Kier molecular flexibility index (Phi) is 4.38. The Balaban J connectivity index is 1.52. The number of rotatable bonds is 6. The van der Waals surface area contributed by atoms with E-state index in [1.54, 1.807) is 10.4 Å². The molecule has 0 atom stereocenters. The maximum atomic E-state index is 5.53. The van der Waals surface area contributed by atoms with Crippen molar-refractivity contribution in [2.45, 2.75) is 39.3 Å². The van der Waals surface area contributed by atoms with E-state index < -0.39 is 0 Å². The van der Waals surface area contributed by atoms with Gasteiger partial charge in [-0.25, -0.2) is 0 Å². The summed E-state index contributed by atoms with van der Waals surface area (Å²) in [5.41, 5.74) is 2.87. The second kappa shape index (κ2) is 6.42. The summed E-state index contributed by atoms with van der Waals surface area (Å²) in [4.78, 5) is 3.08. The van der Waals surface area contributed by atoms with Gasteiger partial charge in [0.05, 0.1) is 6.61 Å². The molecule has 0 unspecified atom stereocenters. The van der Waals surface area contributed by atoms with Gasteiger partial charge in [-0.15, -0.1) is 11.3 Å². The third-order valence-electron chi connectivity index (χ3n) is 3.64. The van der Waals surface area contributed by atoms with Crippen molar-refractivity contribution in [1.82, 2.24) is 5.32 Å². The SMILES string of the molecule is CCOc1cccc(CNCc2cc3c(s2)CCC3)c1. The van der Waals surface area contributed by atoms with Crippen LogP contribution >= 0.6 is 11.3 Å². The molecule has 106 valence electrons. The molecule has 1 aliphatic carbocycles. The number of hydrogen-bond acceptors (Lipinski definition) is 3. The van der Waals surface area contributed by atoms with E-state index in [9.17, 15) is 0 Å². The Morgan fingerprint density at radius 1 is 1.20 bits per heavy atom. The first-order valence-corrected chi connectivity index (χ1v) is 8.19. The predicted octanol–water partition coefficient (Wildman–Crippen LogP) is 3.93. The number of hydrogen-bond donors (Lipinski definition) is 1. The lowest BCUT2D eigenvalue weighted by molar-refractivity contribution is 0.340. The van der Waals surface area contributed by atoms with Crippen LogP contribution in [0.2, 0.25) is 0 Å². The van der Waals surface area contributed by atoms with Crippen LogP contribution in [-0.2, 0) is 25.9 Å². The maximum Gasteiger partial charge on any atom is 0.119 e. The molecular formula is C17H21NOS. The van der Waals surface area contributed by atoms with Crippen LogP contribution in [0.1, 0.15) is 34.2 Å². The molecule has 0 fully saturated rings. The Bertz CT molecular complexity index is 555. The van der Waals surface area contributed by atoms with E-state index >= 15 is 0 Å². The molecule has 20 heavy (non-hydrogen) atoms. The summed E-state index contributed by atoms with van der Waals surface area (Å²) in [7, 11) is 0. The largest absolute Gasteiger partial charge is 0.494 e. The fourth-order valence-electron chi connectivity index (χ4n) is 2.72. The molecule has 1 heterocycles. The molecule has 0 aliphatic heterocycles. The number of benzene rings is 1. The molecule has 0 amide bonds. The number of nitrogens with one attached hydrogen (secondary N) is 1. The summed E-state index contributed by atoms with van der Waals surface area (Å²) in [6.07, 6.45) is 3.91. The van der Waals surface area contributed by atoms with Crippen LogP contribution in [0.5, 0.6) is 5.75 Å². The first-order valence-electron chi connectivity index (χ1n) is 7.38. The van der Waals surface area contributed by atoms with Crippen molar-refractivity contribution in [1.29, 1.82) is 0 Å². The van der Waals surface area contributed by atoms with E-state index in [4.69, 9.17) is 4.74 Å². The number of aryl methyl sites for hydroxylation is 2. The minimum atomic E-state index is 0.720. The summed E-state index contributed by atoms with van der Waals surface area (Å²) in [5.74, 6) is 0.960. The topological polar surface area (TPSA) is 21.3 Å². The van der Waals surface area contributed by atoms with Gasteiger partial charge in [0.25, 0.3) is 0 Å². The zero-order chi connectivity index (χ0) is 13.8. The van der Waals surface area contributed by atoms with Gasteiger partial charge in [-0.05, 0) is 55.5 Å². The summed E-state index contributed by atoms with van der Waals surface area (Å²) in [5, 5.41) is 3.53. The van der Waals surface area contributed by atoms with Crippen molar-refractivity contribution >= 4 is 11.3 Å². The zero-order valence-corrected chi connectivity index (χ0v) is 12.8. The van der Waals surface area contributed by atoms with Crippen LogP contribution in [-0.4, -0.2) is 6.61 Å². The van der Waals surface area contributed by atoms with E-state index in [0.717, 1.165) is 25.4 Å². The highest BCUT2D eigenvalue weighted by Gasteiger charge is 2.14. The van der Waals surface area contributed by atoms with Gasteiger partial charge in [-0.1, -0.05) is 12.1 Å². The Labute approximate surface area is 124 Å². The molecule has 2 aromatic rings. The van der Waals surface area contributed by atoms with Crippen molar-refractivity contribution in [2.24, 2.45) is 0 Å². The molecule has 0 spiro atoms. The minimum Gasteiger partial charge on any atom is -0.494 e. The fraction of sp³-hybridized carbons (Fsp3) is 0.412. The third kappa shape index (κ3) is 3.22. The van der Waals surface area contributed by atoms with Gasteiger partial charge in [0.1, 0.15) is 5.75 Å². The Morgan fingerprint density at radius 3 is 3.00 bits per heavy atom. The molecule has 2 nitrogen and oxygen atoms in total. The first kappa shape index (κ1) is 13.7. The van der Waals surface area contributed by atoms with Crippen molar-refractivity contribution in [3.63, 3.8) is 0 Å². The van der Waals surface area contributed by atoms with Gasteiger partial charge in [0.2, 0.25) is 0 Å². The molecular weight excluding hydrogens is 266 g/mol. The van der Waals surface area contributed by atoms with Crippen molar-refractivity contribution < 1.29 is 4.74 Å². The first-order chi connectivity index (χ1) is 9.85. The summed E-state index contributed by atoms with van der Waals surface area (Å²) < 4.78 is 5.53. The zero-order valence-electron chi connectivity index (χ0n) is 11.9. The monoisotopic (exact) mass is 287 g/mol. The average molecular weight is 287 g/mol. The third-order valence-corrected chi connectivity index (χ3v) is 4.87. The number of fused-ring (bicyclic) bond motifs is 1. The summed E-state index contributed by atoms with van der Waals surface area (Å²) in [6.45, 7) is 4.60. The molecule has 0 radical (unpaired) electrons. The van der Waals surface area contributed by atoms with Crippen LogP contribution in [0.4, 0.5) is 0 Å². The van der Waals surface area contributed by atoms with Gasteiger partial charge in [0.15, 0.2) is 0 Å². The predicted molar refractivity (Wildman–Crippen MR) is 84.5 cm³/mol. The minimum absolute atomic E-state index is 0.720. The summed E-state index contributed by atoms with van der Waals surface area (Å²) in [6, 6.07) is 10.7. The van der Waals surface area contributed by atoms with Crippen molar-refractivity contribution in [3.05, 3.63) is 51.2 Å². The second-order valence-electron chi connectivity index (χ2n) is 5.20. The Hall–Kier alpha value is -1.32. The average Bonchev–Trinajstić information content (AvgIpc) is 3.00. The number of ether oxygens (including phenoxy) is 1. The van der Waals surface area contributed by atoms with Crippen molar-refractivity contribution in [2.75, 3.05) is 6.61 Å². The van der Waals surface area contributed by atoms with Gasteiger partial charge < -0.3 is 10.1 Å². The van der Waals surface area contributed by atoms with Crippen LogP contribution in [0.15, 0.2) is 30.3 Å². The molecule has 1 N–H and O–H groups in total. The lowest BCUT2D eigenvalue weighted by Gasteiger charge is -2.07. The van der Waals surface area contributed by atoms with Gasteiger partial charge in [0, 0.05) is 22.8 Å².